The molecule has 260 valence electrons. The first-order valence-corrected chi connectivity index (χ1v) is 18.4. The quantitative estimate of drug-likeness (QED) is 0.207. The minimum atomic E-state index is -4.72. The van der Waals surface area contributed by atoms with E-state index in [1.807, 2.05) is 22.9 Å². The Hall–Kier alpha value is -3.62. The van der Waals surface area contributed by atoms with Crippen molar-refractivity contribution in [3.8, 4) is 11.3 Å². The van der Waals surface area contributed by atoms with Gasteiger partial charge in [-0.15, -0.1) is 0 Å². The lowest BCUT2D eigenvalue weighted by atomic mass is 10.0. The van der Waals surface area contributed by atoms with Gasteiger partial charge in [-0.25, -0.2) is 8.42 Å². The molecule has 0 bridgehead atoms. The van der Waals surface area contributed by atoms with E-state index in [1.54, 1.807) is 12.1 Å². The van der Waals surface area contributed by atoms with Gasteiger partial charge in [0, 0.05) is 86.3 Å². The minimum absolute atomic E-state index is 0.108. The van der Waals surface area contributed by atoms with Crippen molar-refractivity contribution in [3.05, 3.63) is 99.2 Å². The smallest absolute Gasteiger partial charge is 0.369 e. The first-order chi connectivity index (χ1) is 23.3. The third kappa shape index (κ3) is 8.07. The second kappa shape index (κ2) is 14.3. The van der Waals surface area contributed by atoms with Crippen LogP contribution in [0, 0.1) is 0 Å². The summed E-state index contributed by atoms with van der Waals surface area (Å²) in [5.74, 6) is -0.962. The molecule has 3 aromatic carbocycles. The van der Waals surface area contributed by atoms with Crippen LogP contribution < -0.4 is 10.2 Å². The van der Waals surface area contributed by atoms with Crippen LogP contribution in [-0.2, 0) is 35.7 Å². The highest BCUT2D eigenvalue weighted by Gasteiger charge is 2.35. The second-order valence-corrected chi connectivity index (χ2v) is 15.0. The lowest BCUT2D eigenvalue weighted by Crippen LogP contribution is -2.46. The number of carbonyl (C=O) groups excluding carboxylic acids is 1. The summed E-state index contributed by atoms with van der Waals surface area (Å²) in [4.78, 5) is 17.8. The van der Waals surface area contributed by atoms with Gasteiger partial charge in [-0.3, -0.25) is 14.4 Å². The van der Waals surface area contributed by atoms with E-state index in [9.17, 15) is 26.4 Å². The Bertz CT molecular complexity index is 1960. The highest BCUT2D eigenvalue weighted by atomic mass is 35.5. The molecule has 1 N–H and O–H groups in total. The number of amides is 1. The predicted molar refractivity (Wildman–Crippen MR) is 186 cm³/mol. The zero-order valence-electron chi connectivity index (χ0n) is 26.7. The number of hydrogen-bond donors (Lipinski definition) is 1. The maximum atomic E-state index is 13.6. The molecule has 9 nitrogen and oxygen atoms in total. The van der Waals surface area contributed by atoms with E-state index in [0.29, 0.717) is 35.8 Å². The molecule has 0 saturated carbocycles. The summed E-state index contributed by atoms with van der Waals surface area (Å²) in [6, 6.07) is 17.2. The van der Waals surface area contributed by atoms with Crippen molar-refractivity contribution in [2.45, 2.75) is 32.1 Å². The van der Waals surface area contributed by atoms with E-state index in [0.717, 1.165) is 68.2 Å². The largest absolute Gasteiger partial charge is 0.417 e. The van der Waals surface area contributed by atoms with Crippen molar-refractivity contribution >= 4 is 50.5 Å². The minimum Gasteiger partial charge on any atom is -0.369 e. The topological polar surface area (TPSA) is 90.8 Å². The van der Waals surface area contributed by atoms with Gasteiger partial charge in [-0.2, -0.15) is 22.6 Å². The molecule has 3 heterocycles. The van der Waals surface area contributed by atoms with Gasteiger partial charge in [-0.1, -0.05) is 47.5 Å². The molecule has 1 aromatic heterocycles. The Kier molecular flexibility index (Phi) is 10.3. The first kappa shape index (κ1) is 35.2. The number of aryl methyl sites for hydroxylation is 1. The summed E-state index contributed by atoms with van der Waals surface area (Å²) in [7, 11) is -3.49. The van der Waals surface area contributed by atoms with Gasteiger partial charge in [0.2, 0.25) is 10.0 Å². The summed E-state index contributed by atoms with van der Waals surface area (Å²) in [5, 5.41) is 8.30. The number of nitrogens with one attached hydrogen (secondary N) is 1. The van der Waals surface area contributed by atoms with E-state index in [2.05, 4.69) is 21.2 Å². The van der Waals surface area contributed by atoms with Gasteiger partial charge in [0.15, 0.2) is 0 Å². The molecule has 0 unspecified atom stereocenters. The third-order valence-electron chi connectivity index (χ3n) is 8.92. The maximum absolute atomic E-state index is 13.6. The van der Waals surface area contributed by atoms with Crippen molar-refractivity contribution < 1.29 is 26.4 Å². The molecule has 4 aromatic rings. The third-order valence-corrected chi connectivity index (χ3v) is 10.7. The Morgan fingerprint density at radius 1 is 0.939 bits per heavy atom. The fourth-order valence-electron chi connectivity index (χ4n) is 6.40. The van der Waals surface area contributed by atoms with Gasteiger partial charge in [0.25, 0.3) is 5.91 Å². The Morgan fingerprint density at radius 3 is 2.41 bits per heavy atom. The van der Waals surface area contributed by atoms with Crippen LogP contribution in [0.2, 0.25) is 10.0 Å². The van der Waals surface area contributed by atoms with Gasteiger partial charge < -0.3 is 10.2 Å². The molecule has 2 aliphatic rings. The zero-order chi connectivity index (χ0) is 34.9. The lowest BCUT2D eigenvalue weighted by Gasteiger charge is -2.36. The normalized spacial score (nSPS) is 16.1. The molecule has 15 heteroatoms. The maximum Gasteiger partial charge on any atom is 0.417 e. The highest BCUT2D eigenvalue weighted by Crippen LogP contribution is 2.36. The SMILES string of the molecule is CS(=O)(=O)N1CCc2c(c(-c3ccc(Cl)c(NC(=O)c4ccccc4C(F)(F)F)c3)nn2CCCN2CCN(c3cccc(Cl)c3)CC2)C1. The number of benzene rings is 3. The van der Waals surface area contributed by atoms with Crippen LogP contribution in [0.1, 0.15) is 33.6 Å². The van der Waals surface area contributed by atoms with E-state index in [1.165, 1.54) is 28.8 Å². The molecule has 1 fully saturated rings. The monoisotopic (exact) mass is 734 g/mol. The summed E-state index contributed by atoms with van der Waals surface area (Å²) < 4.78 is 69.2. The fraction of sp³-hybridized carbons (Fsp3) is 0.353. The fourth-order valence-corrected chi connectivity index (χ4v) is 7.53. The van der Waals surface area contributed by atoms with Crippen molar-refractivity contribution in [1.82, 2.24) is 19.0 Å². The molecule has 2 aliphatic heterocycles. The molecular formula is C34H35Cl2F3N6O3S. The second-order valence-electron chi connectivity index (χ2n) is 12.2. The number of rotatable bonds is 9. The van der Waals surface area contributed by atoms with Crippen LogP contribution in [0.15, 0.2) is 66.7 Å². The Balaban J connectivity index is 1.20. The summed E-state index contributed by atoms with van der Waals surface area (Å²) in [5.41, 5.74) is 2.38. The van der Waals surface area contributed by atoms with Crippen LogP contribution in [0.5, 0.6) is 0 Å². The number of anilines is 2. The van der Waals surface area contributed by atoms with E-state index >= 15 is 0 Å². The number of alkyl halides is 3. The van der Waals surface area contributed by atoms with Crippen LogP contribution in [0.4, 0.5) is 24.5 Å². The number of hydrogen-bond acceptors (Lipinski definition) is 6. The van der Waals surface area contributed by atoms with Crippen LogP contribution in [-0.4, -0.2) is 78.8 Å². The Labute approximate surface area is 293 Å². The van der Waals surface area contributed by atoms with Crippen molar-refractivity contribution in [3.63, 3.8) is 0 Å². The molecule has 1 saturated heterocycles. The van der Waals surface area contributed by atoms with E-state index < -0.39 is 33.2 Å². The van der Waals surface area contributed by atoms with Gasteiger partial charge >= 0.3 is 6.18 Å². The number of aromatic nitrogens is 2. The zero-order valence-corrected chi connectivity index (χ0v) is 29.0. The number of piperazine rings is 1. The van der Waals surface area contributed by atoms with Crippen molar-refractivity contribution in [2.75, 3.05) is 55.7 Å². The number of fused-ring (bicyclic) bond motifs is 1. The molecule has 0 atom stereocenters. The van der Waals surface area contributed by atoms with Crippen LogP contribution >= 0.6 is 23.2 Å². The average Bonchev–Trinajstić information content (AvgIpc) is 3.43. The summed E-state index contributed by atoms with van der Waals surface area (Å²) >= 11 is 12.6. The van der Waals surface area contributed by atoms with Crippen LogP contribution in [0.3, 0.4) is 0 Å². The Morgan fingerprint density at radius 2 is 1.69 bits per heavy atom. The average molecular weight is 736 g/mol. The lowest BCUT2D eigenvalue weighted by molar-refractivity contribution is -0.137. The van der Waals surface area contributed by atoms with Gasteiger partial charge in [0.1, 0.15) is 0 Å². The summed E-state index contributed by atoms with van der Waals surface area (Å²) in [6.07, 6.45) is -2.26. The van der Waals surface area contributed by atoms with E-state index in [4.69, 9.17) is 28.3 Å². The predicted octanol–water partition coefficient (Wildman–Crippen LogP) is 6.66. The standard InChI is InChI=1S/C34H35Cl2F3N6O3S/c1-49(47,48)44-15-12-31-27(22-44)32(41-45(31)14-5-13-42-16-18-43(19-17-42)25-7-4-6-24(35)21-25)23-10-11-29(36)30(20-23)40-33(46)26-8-2-3-9-28(26)34(37,38)39/h2-4,6-11,20-21H,5,12-19,22H2,1H3,(H,40,46). The van der Waals surface area contributed by atoms with Crippen molar-refractivity contribution in [2.24, 2.45) is 0 Å². The molecule has 0 aliphatic carbocycles. The molecule has 1 amide bonds. The van der Waals surface area contributed by atoms with Crippen molar-refractivity contribution in [1.29, 1.82) is 0 Å². The molecule has 49 heavy (non-hydrogen) atoms. The summed E-state index contributed by atoms with van der Waals surface area (Å²) in [6.45, 7) is 5.51. The number of sulfonamides is 1. The van der Waals surface area contributed by atoms with E-state index in [-0.39, 0.29) is 17.3 Å². The van der Waals surface area contributed by atoms with Gasteiger partial charge in [0.05, 0.1) is 33.8 Å². The van der Waals surface area contributed by atoms with Crippen LogP contribution in [0.25, 0.3) is 11.3 Å². The first-order valence-electron chi connectivity index (χ1n) is 15.8. The highest BCUT2D eigenvalue weighted by molar-refractivity contribution is 7.88. The molecule has 0 radical (unpaired) electrons. The molecular weight excluding hydrogens is 700 g/mol. The molecule has 0 spiro atoms. The number of nitrogens with zero attached hydrogens (tertiary/aromatic N) is 5. The molecule has 6 rings (SSSR count). The van der Waals surface area contributed by atoms with Gasteiger partial charge in [-0.05, 0) is 48.9 Å². The number of carbonyl (C=O) groups is 1. The number of halogens is 5.